The highest BCUT2D eigenvalue weighted by Crippen LogP contribution is 2.19. The van der Waals surface area contributed by atoms with E-state index in [1.54, 1.807) is 25.3 Å². The van der Waals surface area contributed by atoms with E-state index in [4.69, 9.17) is 9.84 Å². The molecule has 18 heavy (non-hydrogen) atoms. The van der Waals surface area contributed by atoms with Gasteiger partial charge in [-0.25, -0.2) is 4.79 Å². The molecule has 4 heteroatoms. The van der Waals surface area contributed by atoms with E-state index in [0.29, 0.717) is 18.6 Å². The molecule has 0 amide bonds. The predicted molar refractivity (Wildman–Crippen MR) is 69.3 cm³/mol. The number of esters is 1. The minimum Gasteiger partial charge on any atom is -0.465 e. The predicted octanol–water partition coefficient (Wildman–Crippen LogP) is 1.89. The number of carbonyl (C=O) groups excluding carboxylic acids is 1. The summed E-state index contributed by atoms with van der Waals surface area (Å²) in [7, 11) is 2.99. The van der Waals surface area contributed by atoms with Crippen molar-refractivity contribution in [3.8, 4) is 0 Å². The lowest BCUT2D eigenvalue weighted by Gasteiger charge is -2.08. The molecule has 0 aliphatic heterocycles. The van der Waals surface area contributed by atoms with Gasteiger partial charge in [0.05, 0.1) is 25.9 Å². The Morgan fingerprint density at radius 1 is 1.22 bits per heavy atom. The highest BCUT2D eigenvalue weighted by molar-refractivity contribution is 5.89. The van der Waals surface area contributed by atoms with Gasteiger partial charge in [-0.3, -0.25) is 0 Å². The molecular weight excluding hydrogens is 232 g/mol. The number of ether oxygens (including phenoxy) is 2. The number of aliphatic hydroxyl groups is 1. The molecule has 1 aromatic rings. The van der Waals surface area contributed by atoms with Gasteiger partial charge < -0.3 is 14.6 Å². The molecule has 1 N–H and O–H groups in total. The minimum atomic E-state index is -0.355. The monoisotopic (exact) mass is 250 g/mol. The van der Waals surface area contributed by atoms with Crippen LogP contribution in [0.25, 0.3) is 5.57 Å². The van der Waals surface area contributed by atoms with Crippen LogP contribution in [0, 0.1) is 0 Å². The van der Waals surface area contributed by atoms with E-state index < -0.39 is 0 Å². The molecule has 0 bridgehead atoms. The van der Waals surface area contributed by atoms with Gasteiger partial charge in [0.1, 0.15) is 0 Å². The van der Waals surface area contributed by atoms with Crippen molar-refractivity contribution in [2.45, 2.75) is 6.42 Å². The van der Waals surface area contributed by atoms with E-state index in [2.05, 4.69) is 4.74 Å². The molecule has 0 saturated heterocycles. The van der Waals surface area contributed by atoms with Crippen molar-refractivity contribution >= 4 is 11.5 Å². The van der Waals surface area contributed by atoms with Gasteiger partial charge in [0.25, 0.3) is 0 Å². The van der Waals surface area contributed by atoms with Crippen LogP contribution < -0.4 is 0 Å². The van der Waals surface area contributed by atoms with E-state index in [1.165, 1.54) is 7.11 Å². The van der Waals surface area contributed by atoms with Gasteiger partial charge in [0.2, 0.25) is 0 Å². The van der Waals surface area contributed by atoms with Crippen molar-refractivity contribution in [3.05, 3.63) is 41.5 Å². The first kappa shape index (κ1) is 14.4. The van der Waals surface area contributed by atoms with E-state index in [1.807, 2.05) is 12.1 Å². The summed E-state index contributed by atoms with van der Waals surface area (Å²) in [5.41, 5.74) is 2.47. The Bertz CT molecular complexity index is 406. The maximum atomic E-state index is 11.3. The van der Waals surface area contributed by atoms with Gasteiger partial charge in [-0.05, 0) is 29.7 Å². The van der Waals surface area contributed by atoms with Crippen LogP contribution in [0.1, 0.15) is 22.3 Å². The average Bonchev–Trinajstić information content (AvgIpc) is 2.43. The van der Waals surface area contributed by atoms with E-state index in [-0.39, 0.29) is 12.6 Å². The number of carbonyl (C=O) groups is 1. The second kappa shape index (κ2) is 7.63. The molecule has 0 radical (unpaired) electrons. The third kappa shape index (κ3) is 3.98. The van der Waals surface area contributed by atoms with Crippen LogP contribution in [0.2, 0.25) is 0 Å². The molecule has 0 spiro atoms. The van der Waals surface area contributed by atoms with Crippen LogP contribution in [0.3, 0.4) is 0 Å². The lowest BCUT2D eigenvalue weighted by molar-refractivity contribution is 0.0600. The van der Waals surface area contributed by atoms with Crippen LogP contribution in [0.4, 0.5) is 0 Å². The first-order chi connectivity index (χ1) is 8.72. The van der Waals surface area contributed by atoms with E-state index >= 15 is 0 Å². The second-order valence-corrected chi connectivity index (χ2v) is 3.72. The zero-order valence-electron chi connectivity index (χ0n) is 10.7. The molecule has 0 aliphatic carbocycles. The number of benzene rings is 1. The van der Waals surface area contributed by atoms with E-state index in [0.717, 1.165) is 11.1 Å². The van der Waals surface area contributed by atoms with Gasteiger partial charge in [-0.2, -0.15) is 0 Å². The van der Waals surface area contributed by atoms with Crippen molar-refractivity contribution in [2.75, 3.05) is 27.4 Å². The van der Waals surface area contributed by atoms with Gasteiger partial charge >= 0.3 is 5.97 Å². The smallest absolute Gasteiger partial charge is 0.337 e. The van der Waals surface area contributed by atoms with Gasteiger partial charge in [0, 0.05) is 7.11 Å². The van der Waals surface area contributed by atoms with Crippen molar-refractivity contribution < 1.29 is 19.4 Å². The Morgan fingerprint density at radius 2 is 1.83 bits per heavy atom. The lowest BCUT2D eigenvalue weighted by Crippen LogP contribution is -2.01. The average molecular weight is 250 g/mol. The Kier molecular flexibility index (Phi) is 6.11. The summed E-state index contributed by atoms with van der Waals surface area (Å²) in [5, 5.41) is 8.99. The zero-order valence-corrected chi connectivity index (χ0v) is 10.7. The fourth-order valence-electron chi connectivity index (χ4n) is 1.62. The summed E-state index contributed by atoms with van der Waals surface area (Å²) in [5.74, 6) is -0.355. The summed E-state index contributed by atoms with van der Waals surface area (Å²) >= 11 is 0. The Hall–Kier alpha value is -1.65. The Balaban J connectivity index is 2.87. The molecule has 0 aliphatic rings. The van der Waals surface area contributed by atoms with Crippen molar-refractivity contribution in [1.82, 2.24) is 0 Å². The van der Waals surface area contributed by atoms with Gasteiger partial charge in [-0.1, -0.05) is 18.2 Å². The summed E-state index contributed by atoms with van der Waals surface area (Å²) in [4.78, 5) is 11.3. The van der Waals surface area contributed by atoms with Crippen molar-refractivity contribution in [1.29, 1.82) is 0 Å². The number of hydrogen-bond acceptors (Lipinski definition) is 4. The standard InChI is InChI=1S/C14H18O4/c1-17-10-8-12(7-9-15)11-3-5-13(6-4-11)14(16)18-2/h3-7,15H,8-10H2,1-2H3/b12-7-. The first-order valence-electron chi connectivity index (χ1n) is 5.70. The molecule has 0 saturated carbocycles. The largest absolute Gasteiger partial charge is 0.465 e. The molecule has 0 heterocycles. The summed E-state index contributed by atoms with van der Waals surface area (Å²) in [6.07, 6.45) is 2.46. The molecule has 4 nitrogen and oxygen atoms in total. The molecule has 98 valence electrons. The maximum absolute atomic E-state index is 11.3. The molecule has 0 aromatic heterocycles. The normalized spacial score (nSPS) is 11.4. The maximum Gasteiger partial charge on any atom is 0.337 e. The summed E-state index contributed by atoms with van der Waals surface area (Å²) in [6, 6.07) is 7.09. The Labute approximate surface area is 107 Å². The molecule has 0 fully saturated rings. The third-order valence-corrected chi connectivity index (χ3v) is 2.59. The molecule has 0 atom stereocenters. The molecule has 1 aromatic carbocycles. The van der Waals surface area contributed by atoms with Crippen LogP contribution in [0.15, 0.2) is 30.3 Å². The molecular formula is C14H18O4. The molecule has 0 unspecified atom stereocenters. The summed E-state index contributed by atoms with van der Waals surface area (Å²) in [6.45, 7) is 0.572. The number of methoxy groups -OCH3 is 2. The fraction of sp³-hybridized carbons (Fsp3) is 0.357. The number of aliphatic hydroxyl groups excluding tert-OH is 1. The highest BCUT2D eigenvalue weighted by atomic mass is 16.5. The van der Waals surface area contributed by atoms with Gasteiger partial charge in [-0.15, -0.1) is 0 Å². The fourth-order valence-corrected chi connectivity index (χ4v) is 1.62. The first-order valence-corrected chi connectivity index (χ1v) is 5.70. The Morgan fingerprint density at radius 3 is 2.33 bits per heavy atom. The van der Waals surface area contributed by atoms with Crippen molar-refractivity contribution in [2.24, 2.45) is 0 Å². The van der Waals surface area contributed by atoms with Crippen molar-refractivity contribution in [3.63, 3.8) is 0 Å². The quantitative estimate of drug-likeness (QED) is 0.783. The van der Waals surface area contributed by atoms with E-state index in [9.17, 15) is 4.79 Å². The highest BCUT2D eigenvalue weighted by Gasteiger charge is 2.06. The SMILES string of the molecule is COCC/C(=C/CO)c1ccc(C(=O)OC)cc1. The summed E-state index contributed by atoms with van der Waals surface area (Å²) < 4.78 is 9.66. The minimum absolute atomic E-state index is 0.0161. The van der Waals surface area contributed by atoms with Crippen LogP contribution >= 0.6 is 0 Å². The van der Waals surface area contributed by atoms with Gasteiger partial charge in [0.15, 0.2) is 0 Å². The zero-order chi connectivity index (χ0) is 13.4. The topological polar surface area (TPSA) is 55.8 Å². The second-order valence-electron chi connectivity index (χ2n) is 3.72. The third-order valence-electron chi connectivity index (χ3n) is 2.59. The number of rotatable bonds is 6. The van der Waals surface area contributed by atoms with Crippen LogP contribution in [-0.4, -0.2) is 38.5 Å². The van der Waals surface area contributed by atoms with Crippen LogP contribution in [0.5, 0.6) is 0 Å². The number of hydrogen-bond donors (Lipinski definition) is 1. The van der Waals surface area contributed by atoms with Crippen LogP contribution in [-0.2, 0) is 9.47 Å². The molecule has 1 rings (SSSR count). The lowest BCUT2D eigenvalue weighted by atomic mass is 10.0.